The van der Waals surface area contributed by atoms with Crippen molar-refractivity contribution in [2.45, 2.75) is 13.8 Å². The smallest absolute Gasteiger partial charge is 0.439 e. The summed E-state index contributed by atoms with van der Waals surface area (Å²) in [5.41, 5.74) is 0. The van der Waals surface area contributed by atoms with Gasteiger partial charge in [-0.3, -0.25) is 4.99 Å². The van der Waals surface area contributed by atoms with E-state index >= 15 is 0 Å². The monoisotopic (exact) mass is 242 g/mol. The van der Waals surface area contributed by atoms with Crippen LogP contribution in [0.15, 0.2) is 9.98 Å². The van der Waals surface area contributed by atoms with Crippen molar-refractivity contribution in [2.75, 3.05) is 19.9 Å². The van der Waals surface area contributed by atoms with E-state index in [1.54, 1.807) is 13.8 Å². The first-order valence-corrected chi connectivity index (χ1v) is 5.12. The molecule has 94 valence electrons. The fourth-order valence-electron chi connectivity index (χ4n) is 1.08. The van der Waals surface area contributed by atoms with Crippen LogP contribution in [0, 0.1) is 0 Å². The van der Waals surface area contributed by atoms with Crippen molar-refractivity contribution in [3.8, 4) is 0 Å². The molecule has 1 heterocycles. The van der Waals surface area contributed by atoms with E-state index in [2.05, 4.69) is 9.98 Å². The minimum Gasteiger partial charge on any atom is -0.448 e. The standard InChI is InChI=1S/C9H14N4O4/c1-3-16-8(14)13(9(15)17-4-2)12-6-10-5-11-7-12/h5-6H,3-4,7H2,1-2H3. The zero-order chi connectivity index (χ0) is 12.7. The van der Waals surface area contributed by atoms with Gasteiger partial charge in [-0.05, 0) is 13.8 Å². The second kappa shape index (κ2) is 6.46. The number of carbonyl (C=O) groups is 2. The molecule has 0 N–H and O–H groups in total. The Morgan fingerprint density at radius 3 is 2.29 bits per heavy atom. The van der Waals surface area contributed by atoms with Gasteiger partial charge in [-0.2, -0.15) is 0 Å². The Kier molecular flexibility index (Phi) is 4.92. The van der Waals surface area contributed by atoms with Gasteiger partial charge in [0.1, 0.15) is 19.3 Å². The van der Waals surface area contributed by atoms with Crippen LogP contribution in [0.25, 0.3) is 0 Å². The third-order valence-corrected chi connectivity index (χ3v) is 1.71. The number of hydrogen-bond acceptors (Lipinski definition) is 7. The van der Waals surface area contributed by atoms with Crippen LogP contribution in [0.4, 0.5) is 9.59 Å². The van der Waals surface area contributed by atoms with Gasteiger partial charge < -0.3 is 9.47 Å². The van der Waals surface area contributed by atoms with E-state index < -0.39 is 12.2 Å². The molecular formula is C9H14N4O4. The first-order chi connectivity index (χ1) is 8.20. The van der Waals surface area contributed by atoms with Crippen molar-refractivity contribution in [3.63, 3.8) is 0 Å². The zero-order valence-electron chi connectivity index (χ0n) is 9.70. The number of aliphatic imine (C=N–C) groups is 2. The van der Waals surface area contributed by atoms with Crippen LogP contribution in [0.2, 0.25) is 0 Å². The molecule has 0 fully saturated rings. The highest BCUT2D eigenvalue weighted by Crippen LogP contribution is 2.05. The minimum atomic E-state index is -0.825. The number of carbonyl (C=O) groups excluding carboxylic acids is 2. The summed E-state index contributed by atoms with van der Waals surface area (Å²) in [6.45, 7) is 3.69. The van der Waals surface area contributed by atoms with Crippen molar-refractivity contribution in [1.82, 2.24) is 10.0 Å². The summed E-state index contributed by atoms with van der Waals surface area (Å²) in [6, 6.07) is 0. The van der Waals surface area contributed by atoms with E-state index in [1.165, 1.54) is 17.7 Å². The molecule has 0 unspecified atom stereocenters. The number of nitrogens with zero attached hydrogens (tertiary/aromatic N) is 4. The van der Waals surface area contributed by atoms with Crippen molar-refractivity contribution >= 4 is 24.9 Å². The molecule has 1 aliphatic rings. The average molecular weight is 242 g/mol. The van der Waals surface area contributed by atoms with Crippen LogP contribution in [-0.4, -0.2) is 54.8 Å². The molecule has 17 heavy (non-hydrogen) atoms. The second-order valence-corrected chi connectivity index (χ2v) is 2.85. The molecule has 0 saturated carbocycles. The summed E-state index contributed by atoms with van der Waals surface area (Å²) >= 11 is 0. The molecule has 0 aliphatic carbocycles. The molecule has 0 spiro atoms. The van der Waals surface area contributed by atoms with E-state index in [0.29, 0.717) is 5.01 Å². The van der Waals surface area contributed by atoms with Crippen LogP contribution in [0.3, 0.4) is 0 Å². The molecule has 0 aromatic heterocycles. The van der Waals surface area contributed by atoms with Crippen LogP contribution in [-0.2, 0) is 9.47 Å². The Morgan fingerprint density at radius 1 is 1.29 bits per heavy atom. The lowest BCUT2D eigenvalue weighted by atomic mass is 10.7. The summed E-state index contributed by atoms with van der Waals surface area (Å²) in [7, 11) is 0. The topological polar surface area (TPSA) is 83.8 Å². The summed E-state index contributed by atoms with van der Waals surface area (Å²) in [6.07, 6.45) is 0.968. The molecule has 8 nitrogen and oxygen atoms in total. The van der Waals surface area contributed by atoms with Gasteiger partial charge >= 0.3 is 12.2 Å². The molecule has 0 aromatic carbocycles. The molecular weight excluding hydrogens is 228 g/mol. The SMILES string of the molecule is CCOC(=O)N(C(=O)OCC)N1C=NC=NC1. The quantitative estimate of drug-likeness (QED) is 0.732. The molecule has 1 aliphatic heterocycles. The van der Waals surface area contributed by atoms with E-state index in [1.807, 2.05) is 0 Å². The Labute approximate surface area is 98.5 Å². The lowest BCUT2D eigenvalue weighted by Gasteiger charge is -2.28. The van der Waals surface area contributed by atoms with Crippen molar-refractivity contribution < 1.29 is 19.1 Å². The molecule has 1 rings (SSSR count). The van der Waals surface area contributed by atoms with Gasteiger partial charge in [-0.25, -0.2) is 19.6 Å². The van der Waals surface area contributed by atoms with Gasteiger partial charge in [-0.15, -0.1) is 5.01 Å². The highest BCUT2D eigenvalue weighted by molar-refractivity contribution is 5.89. The highest BCUT2D eigenvalue weighted by atomic mass is 16.6. The minimum absolute atomic E-state index is 0.0983. The van der Waals surface area contributed by atoms with Crippen LogP contribution in [0.5, 0.6) is 0 Å². The third kappa shape index (κ3) is 3.44. The maximum Gasteiger partial charge on any atom is 0.439 e. The fourth-order valence-corrected chi connectivity index (χ4v) is 1.08. The molecule has 2 amide bonds. The average Bonchev–Trinajstić information content (AvgIpc) is 2.31. The molecule has 0 radical (unpaired) electrons. The Hall–Kier alpha value is -2.12. The molecule has 0 atom stereocenters. The van der Waals surface area contributed by atoms with Gasteiger partial charge in [0.2, 0.25) is 0 Å². The summed E-state index contributed by atoms with van der Waals surface area (Å²) in [4.78, 5) is 30.7. The number of imide groups is 1. The first-order valence-electron chi connectivity index (χ1n) is 5.12. The van der Waals surface area contributed by atoms with E-state index in [4.69, 9.17) is 9.47 Å². The fraction of sp³-hybridized carbons (Fsp3) is 0.556. The normalized spacial score (nSPS) is 13.4. The van der Waals surface area contributed by atoms with Crippen LogP contribution < -0.4 is 0 Å². The molecule has 0 bridgehead atoms. The van der Waals surface area contributed by atoms with Gasteiger partial charge in [0.15, 0.2) is 0 Å². The van der Waals surface area contributed by atoms with Crippen molar-refractivity contribution in [3.05, 3.63) is 0 Å². The number of ether oxygens (including phenoxy) is 2. The van der Waals surface area contributed by atoms with Gasteiger partial charge in [0.05, 0.1) is 13.2 Å². The predicted molar refractivity (Wildman–Crippen MR) is 59.6 cm³/mol. The number of hydrazine groups is 1. The lowest BCUT2D eigenvalue weighted by Crippen LogP contribution is -2.50. The highest BCUT2D eigenvalue weighted by Gasteiger charge is 2.30. The summed E-state index contributed by atoms with van der Waals surface area (Å²) in [5.74, 6) is 0. The van der Waals surface area contributed by atoms with Crippen LogP contribution in [0.1, 0.15) is 13.8 Å². The molecule has 0 saturated heterocycles. The third-order valence-electron chi connectivity index (χ3n) is 1.71. The van der Waals surface area contributed by atoms with Gasteiger partial charge in [-0.1, -0.05) is 0 Å². The maximum atomic E-state index is 11.6. The zero-order valence-corrected chi connectivity index (χ0v) is 9.70. The number of rotatable bonds is 3. The number of amides is 2. The van der Waals surface area contributed by atoms with Crippen LogP contribution >= 0.6 is 0 Å². The van der Waals surface area contributed by atoms with E-state index in [9.17, 15) is 9.59 Å². The largest absolute Gasteiger partial charge is 0.448 e. The summed E-state index contributed by atoms with van der Waals surface area (Å²) in [5, 5.41) is 1.92. The van der Waals surface area contributed by atoms with Gasteiger partial charge in [0, 0.05) is 0 Å². The molecule has 8 heteroatoms. The predicted octanol–water partition coefficient (Wildman–Crippen LogP) is 0.846. The Morgan fingerprint density at radius 2 is 1.88 bits per heavy atom. The Balaban J connectivity index is 2.77. The Bertz CT molecular complexity index is 324. The van der Waals surface area contributed by atoms with Crippen molar-refractivity contribution in [1.29, 1.82) is 0 Å². The second-order valence-electron chi connectivity index (χ2n) is 2.85. The van der Waals surface area contributed by atoms with E-state index in [-0.39, 0.29) is 19.9 Å². The number of hydrogen-bond donors (Lipinski definition) is 0. The first kappa shape index (κ1) is 12.9. The summed E-state index contributed by atoms with van der Waals surface area (Å²) < 4.78 is 9.51. The van der Waals surface area contributed by atoms with E-state index in [0.717, 1.165) is 0 Å². The van der Waals surface area contributed by atoms with Gasteiger partial charge in [0.25, 0.3) is 0 Å². The lowest BCUT2D eigenvalue weighted by molar-refractivity contribution is 0.0206. The molecule has 0 aromatic rings. The van der Waals surface area contributed by atoms with Crippen molar-refractivity contribution in [2.24, 2.45) is 9.98 Å². The maximum absolute atomic E-state index is 11.6.